The van der Waals surface area contributed by atoms with E-state index in [0.29, 0.717) is 4.34 Å². The summed E-state index contributed by atoms with van der Waals surface area (Å²) in [5, 5.41) is 0. The number of hydrogen-bond acceptors (Lipinski definition) is 4. The summed E-state index contributed by atoms with van der Waals surface area (Å²) in [4.78, 5) is 0. The van der Waals surface area contributed by atoms with Gasteiger partial charge in [-0.1, -0.05) is 17.7 Å². The van der Waals surface area contributed by atoms with Gasteiger partial charge in [0.05, 0.1) is 10.0 Å². The molecule has 0 radical (unpaired) electrons. The van der Waals surface area contributed by atoms with Crippen molar-refractivity contribution in [3.05, 3.63) is 40.5 Å². The maximum atomic E-state index is 13.5. The maximum absolute atomic E-state index is 13.5. The van der Waals surface area contributed by atoms with Gasteiger partial charge >= 0.3 is 0 Å². The van der Waals surface area contributed by atoms with Gasteiger partial charge in [0.2, 0.25) is 0 Å². The number of nitrogen functional groups attached to an aromatic ring is 1. The largest absolute Gasteiger partial charge is 0.397 e. The summed E-state index contributed by atoms with van der Waals surface area (Å²) >= 11 is 6.54. The van der Waals surface area contributed by atoms with E-state index in [1.165, 1.54) is 24.3 Å². The van der Waals surface area contributed by atoms with Crippen molar-refractivity contribution < 1.29 is 12.8 Å². The van der Waals surface area contributed by atoms with Gasteiger partial charge in [-0.2, -0.15) is 0 Å². The van der Waals surface area contributed by atoms with Gasteiger partial charge in [0, 0.05) is 0 Å². The zero-order valence-corrected chi connectivity index (χ0v) is 11.2. The molecule has 18 heavy (non-hydrogen) atoms. The molecule has 0 atom stereocenters. The lowest BCUT2D eigenvalue weighted by Crippen LogP contribution is -2.14. The average Bonchev–Trinajstić information content (AvgIpc) is 2.71. The second-order valence-corrected chi connectivity index (χ2v) is 6.99. The third-order valence-corrected chi connectivity index (χ3v) is 5.17. The number of nitrogens with two attached hydrogens (primary N) is 1. The molecule has 0 saturated carbocycles. The summed E-state index contributed by atoms with van der Waals surface area (Å²) in [6.07, 6.45) is 0. The van der Waals surface area contributed by atoms with E-state index in [1.807, 2.05) is 0 Å². The standard InChI is InChI=1S/C10H8ClFN2O2S2/c11-8-4-5-9(17-8)18(15,16)14-10-6(12)2-1-3-7(10)13/h1-5,14H,13H2. The Kier molecular flexibility index (Phi) is 3.47. The average molecular weight is 307 g/mol. The number of anilines is 2. The summed E-state index contributed by atoms with van der Waals surface area (Å²) in [7, 11) is -3.87. The van der Waals surface area contributed by atoms with Crippen LogP contribution in [0.15, 0.2) is 34.5 Å². The van der Waals surface area contributed by atoms with Gasteiger partial charge in [-0.25, -0.2) is 12.8 Å². The van der Waals surface area contributed by atoms with Crippen molar-refractivity contribution in [1.29, 1.82) is 0 Å². The summed E-state index contributed by atoms with van der Waals surface area (Å²) in [5.41, 5.74) is 5.28. The first kappa shape index (κ1) is 13.1. The van der Waals surface area contributed by atoms with E-state index in [9.17, 15) is 12.8 Å². The minimum Gasteiger partial charge on any atom is -0.397 e. The Morgan fingerprint density at radius 1 is 1.28 bits per heavy atom. The minimum atomic E-state index is -3.87. The van der Waals surface area contributed by atoms with Gasteiger partial charge in [0.25, 0.3) is 10.0 Å². The highest BCUT2D eigenvalue weighted by Crippen LogP contribution is 2.29. The van der Waals surface area contributed by atoms with Crippen LogP contribution in [0.1, 0.15) is 0 Å². The second-order valence-electron chi connectivity index (χ2n) is 3.37. The van der Waals surface area contributed by atoms with E-state index in [4.69, 9.17) is 17.3 Å². The number of para-hydroxylation sites is 1. The minimum absolute atomic E-state index is 0.00449. The molecular weight excluding hydrogens is 299 g/mol. The lowest BCUT2D eigenvalue weighted by Gasteiger charge is -2.09. The molecule has 4 nitrogen and oxygen atoms in total. The van der Waals surface area contributed by atoms with Crippen LogP contribution < -0.4 is 10.5 Å². The molecule has 8 heteroatoms. The first-order chi connectivity index (χ1) is 8.40. The van der Waals surface area contributed by atoms with Gasteiger partial charge in [-0.15, -0.1) is 11.3 Å². The number of benzene rings is 1. The van der Waals surface area contributed by atoms with Crippen molar-refractivity contribution in [2.24, 2.45) is 0 Å². The molecular formula is C10H8ClFN2O2S2. The van der Waals surface area contributed by atoms with Gasteiger partial charge < -0.3 is 5.73 Å². The van der Waals surface area contributed by atoms with Crippen LogP contribution in [0.4, 0.5) is 15.8 Å². The van der Waals surface area contributed by atoms with Gasteiger partial charge in [0.1, 0.15) is 15.7 Å². The van der Waals surface area contributed by atoms with E-state index >= 15 is 0 Å². The van der Waals surface area contributed by atoms with Gasteiger partial charge in [0.15, 0.2) is 0 Å². The summed E-state index contributed by atoms with van der Waals surface area (Å²) in [5.74, 6) is -0.735. The summed E-state index contributed by atoms with van der Waals surface area (Å²) in [6.45, 7) is 0. The van der Waals surface area contributed by atoms with Crippen LogP contribution in [0.3, 0.4) is 0 Å². The van der Waals surface area contributed by atoms with E-state index in [0.717, 1.165) is 17.4 Å². The number of hydrogen-bond donors (Lipinski definition) is 2. The summed E-state index contributed by atoms with van der Waals surface area (Å²) in [6, 6.07) is 6.71. The molecule has 0 aliphatic rings. The number of thiophene rings is 1. The van der Waals surface area contributed by atoms with E-state index in [1.54, 1.807) is 0 Å². The molecule has 2 rings (SSSR count). The van der Waals surface area contributed by atoms with Crippen molar-refractivity contribution in [3.8, 4) is 0 Å². The molecule has 0 aliphatic heterocycles. The van der Waals surface area contributed by atoms with Crippen molar-refractivity contribution in [3.63, 3.8) is 0 Å². The van der Waals surface area contributed by atoms with E-state index in [-0.39, 0.29) is 15.6 Å². The zero-order chi connectivity index (χ0) is 13.3. The van der Waals surface area contributed by atoms with Crippen molar-refractivity contribution in [2.75, 3.05) is 10.5 Å². The van der Waals surface area contributed by atoms with Crippen LogP contribution in [-0.4, -0.2) is 8.42 Å². The van der Waals surface area contributed by atoms with E-state index in [2.05, 4.69) is 4.72 Å². The van der Waals surface area contributed by atoms with Crippen LogP contribution in [0.5, 0.6) is 0 Å². The molecule has 96 valence electrons. The molecule has 1 heterocycles. The third-order valence-electron chi connectivity index (χ3n) is 2.10. The Labute approximate surface area is 112 Å². The molecule has 0 spiro atoms. The van der Waals surface area contributed by atoms with Gasteiger partial charge in [-0.05, 0) is 24.3 Å². The SMILES string of the molecule is Nc1cccc(F)c1NS(=O)(=O)c1ccc(Cl)s1. The first-order valence-electron chi connectivity index (χ1n) is 4.72. The van der Waals surface area contributed by atoms with Crippen molar-refractivity contribution >= 4 is 44.3 Å². The number of rotatable bonds is 3. The molecule has 0 fully saturated rings. The fourth-order valence-corrected chi connectivity index (χ4v) is 3.85. The molecule has 0 aliphatic carbocycles. The number of sulfonamides is 1. The molecule has 1 aromatic heterocycles. The van der Waals surface area contributed by atoms with Crippen LogP contribution in [-0.2, 0) is 10.0 Å². The Morgan fingerprint density at radius 2 is 2.00 bits per heavy atom. The lowest BCUT2D eigenvalue weighted by molar-refractivity contribution is 0.600. The van der Waals surface area contributed by atoms with Crippen LogP contribution in [0.25, 0.3) is 0 Å². The second kappa shape index (κ2) is 4.75. The monoisotopic (exact) mass is 306 g/mol. The number of nitrogens with one attached hydrogen (secondary N) is 1. The summed E-state index contributed by atoms with van der Waals surface area (Å²) < 4.78 is 39.8. The molecule has 0 saturated heterocycles. The molecule has 0 unspecified atom stereocenters. The molecule has 0 amide bonds. The maximum Gasteiger partial charge on any atom is 0.271 e. The predicted molar refractivity (Wildman–Crippen MR) is 70.9 cm³/mol. The van der Waals surface area contributed by atoms with Crippen LogP contribution in [0.2, 0.25) is 4.34 Å². The van der Waals surface area contributed by atoms with Crippen LogP contribution in [0, 0.1) is 5.82 Å². The van der Waals surface area contributed by atoms with E-state index < -0.39 is 15.8 Å². The molecule has 2 aromatic rings. The molecule has 1 aromatic carbocycles. The Balaban J connectivity index is 2.40. The highest BCUT2D eigenvalue weighted by atomic mass is 35.5. The first-order valence-corrected chi connectivity index (χ1v) is 7.40. The lowest BCUT2D eigenvalue weighted by atomic mass is 10.3. The van der Waals surface area contributed by atoms with Crippen molar-refractivity contribution in [1.82, 2.24) is 0 Å². The third kappa shape index (κ3) is 2.58. The smallest absolute Gasteiger partial charge is 0.271 e. The predicted octanol–water partition coefficient (Wildman–Crippen LogP) is 2.92. The quantitative estimate of drug-likeness (QED) is 0.856. The fourth-order valence-electron chi connectivity index (χ4n) is 1.28. The topological polar surface area (TPSA) is 72.2 Å². The molecule has 0 bridgehead atoms. The highest BCUT2D eigenvalue weighted by Gasteiger charge is 2.19. The fraction of sp³-hybridized carbons (Fsp3) is 0. The Bertz CT molecular complexity index is 665. The van der Waals surface area contributed by atoms with Crippen LogP contribution >= 0.6 is 22.9 Å². The normalized spacial score (nSPS) is 11.4. The molecule has 3 N–H and O–H groups in total. The highest BCUT2D eigenvalue weighted by molar-refractivity contribution is 7.94. The van der Waals surface area contributed by atoms with Crippen molar-refractivity contribution in [2.45, 2.75) is 4.21 Å². The Morgan fingerprint density at radius 3 is 2.56 bits per heavy atom. The Hall–Kier alpha value is -1.31. The van der Waals surface area contributed by atoms with Gasteiger partial charge in [-0.3, -0.25) is 4.72 Å². The number of halogens is 2. The zero-order valence-electron chi connectivity index (χ0n) is 8.85.